The van der Waals surface area contributed by atoms with Gasteiger partial charge in [-0.2, -0.15) is 0 Å². The van der Waals surface area contributed by atoms with Gasteiger partial charge in [0.25, 0.3) is 0 Å². The van der Waals surface area contributed by atoms with E-state index in [1.807, 2.05) is 54.6 Å². The van der Waals surface area contributed by atoms with Crippen molar-refractivity contribution in [3.63, 3.8) is 0 Å². The fourth-order valence-electron chi connectivity index (χ4n) is 2.56. The van der Waals surface area contributed by atoms with Crippen molar-refractivity contribution in [1.82, 2.24) is 0 Å². The summed E-state index contributed by atoms with van der Waals surface area (Å²) in [6.07, 6.45) is -0.335. The van der Waals surface area contributed by atoms with Crippen LogP contribution in [-0.2, 0) is 19.9 Å². The Balaban J connectivity index is 1.96. The monoisotopic (exact) mass is 284 g/mol. The topological polar surface area (TPSA) is 48.1 Å². The van der Waals surface area contributed by atoms with Crippen molar-refractivity contribution >= 4 is 5.97 Å². The molecule has 4 nitrogen and oxygen atoms in total. The molecule has 2 aromatic carbocycles. The molecular formula is C17H16O4. The van der Waals surface area contributed by atoms with E-state index in [0.29, 0.717) is 0 Å². The summed E-state index contributed by atoms with van der Waals surface area (Å²) in [6, 6.07) is 16.9. The summed E-state index contributed by atoms with van der Waals surface area (Å²) in [5.74, 6) is 0.386. The fraction of sp³-hybridized carbons (Fsp3) is 0.235. The van der Waals surface area contributed by atoms with Gasteiger partial charge < -0.3 is 14.2 Å². The van der Waals surface area contributed by atoms with Gasteiger partial charge in [0, 0.05) is 0 Å². The lowest BCUT2D eigenvalue weighted by atomic mass is 9.92. The summed E-state index contributed by atoms with van der Waals surface area (Å²) in [5.41, 5.74) is 0.688. The van der Waals surface area contributed by atoms with E-state index in [4.69, 9.17) is 14.2 Å². The van der Waals surface area contributed by atoms with Crippen LogP contribution in [0, 0.1) is 0 Å². The van der Waals surface area contributed by atoms with Gasteiger partial charge in [-0.3, -0.25) is 0 Å². The van der Waals surface area contributed by atoms with E-state index in [-0.39, 0.29) is 12.1 Å². The van der Waals surface area contributed by atoms with Crippen LogP contribution in [0.1, 0.15) is 17.2 Å². The van der Waals surface area contributed by atoms with Gasteiger partial charge in [-0.1, -0.05) is 42.5 Å². The summed E-state index contributed by atoms with van der Waals surface area (Å²) in [4.78, 5) is 12.2. The van der Waals surface area contributed by atoms with Crippen LogP contribution >= 0.6 is 0 Å². The van der Waals surface area contributed by atoms with E-state index in [1.54, 1.807) is 7.11 Å². The molecule has 0 radical (unpaired) electrons. The molecule has 2 aromatic rings. The van der Waals surface area contributed by atoms with E-state index >= 15 is 0 Å². The van der Waals surface area contributed by atoms with Gasteiger partial charge in [0.2, 0.25) is 5.60 Å². The van der Waals surface area contributed by atoms with Crippen molar-refractivity contribution < 1.29 is 19.0 Å². The van der Waals surface area contributed by atoms with Crippen LogP contribution in [0.5, 0.6) is 5.75 Å². The van der Waals surface area contributed by atoms with Crippen LogP contribution < -0.4 is 4.74 Å². The molecule has 0 spiro atoms. The summed E-state index contributed by atoms with van der Waals surface area (Å²) < 4.78 is 15.9. The van der Waals surface area contributed by atoms with Crippen LogP contribution in [0.4, 0.5) is 0 Å². The lowest BCUT2D eigenvalue weighted by Crippen LogP contribution is -2.24. The van der Waals surface area contributed by atoms with E-state index in [0.717, 1.165) is 16.9 Å². The third kappa shape index (κ3) is 2.17. The molecule has 1 saturated heterocycles. The highest BCUT2D eigenvalue weighted by Gasteiger charge is 2.65. The van der Waals surface area contributed by atoms with Gasteiger partial charge in [0.1, 0.15) is 11.9 Å². The van der Waals surface area contributed by atoms with Crippen LogP contribution in [0.25, 0.3) is 0 Å². The van der Waals surface area contributed by atoms with E-state index in [2.05, 4.69) is 0 Å². The van der Waals surface area contributed by atoms with E-state index < -0.39 is 5.60 Å². The maximum absolute atomic E-state index is 12.2. The SMILES string of the molecule is COC(=O)[C@]1(c2ccccc2)O[C@@H]1c1ccc(OC)cc1. The second-order valence-corrected chi connectivity index (χ2v) is 4.86. The van der Waals surface area contributed by atoms with Crippen molar-refractivity contribution in [2.24, 2.45) is 0 Å². The van der Waals surface area contributed by atoms with Gasteiger partial charge in [-0.15, -0.1) is 0 Å². The van der Waals surface area contributed by atoms with Gasteiger partial charge in [0.15, 0.2) is 0 Å². The Morgan fingerprint density at radius 1 is 1.05 bits per heavy atom. The van der Waals surface area contributed by atoms with E-state index in [9.17, 15) is 4.79 Å². The van der Waals surface area contributed by atoms with Crippen LogP contribution in [0.15, 0.2) is 54.6 Å². The first-order valence-electron chi connectivity index (χ1n) is 6.68. The van der Waals surface area contributed by atoms with Gasteiger partial charge >= 0.3 is 5.97 Å². The Morgan fingerprint density at radius 3 is 2.29 bits per heavy atom. The normalized spacial score (nSPS) is 23.4. The van der Waals surface area contributed by atoms with Crippen molar-refractivity contribution in [2.45, 2.75) is 11.7 Å². The molecule has 1 fully saturated rings. The highest BCUT2D eigenvalue weighted by molar-refractivity contribution is 5.85. The molecule has 1 heterocycles. The van der Waals surface area contributed by atoms with Gasteiger partial charge in [-0.05, 0) is 23.3 Å². The summed E-state index contributed by atoms with van der Waals surface area (Å²) >= 11 is 0. The number of hydrogen-bond acceptors (Lipinski definition) is 4. The molecule has 0 aliphatic carbocycles. The van der Waals surface area contributed by atoms with Gasteiger partial charge in [-0.25, -0.2) is 4.79 Å². The molecule has 1 aliphatic rings. The zero-order chi connectivity index (χ0) is 14.9. The average Bonchev–Trinajstić information content (AvgIpc) is 3.32. The zero-order valence-electron chi connectivity index (χ0n) is 11.9. The minimum absolute atomic E-state index is 0.335. The van der Waals surface area contributed by atoms with Crippen LogP contribution in [0.3, 0.4) is 0 Å². The number of ether oxygens (including phenoxy) is 3. The molecule has 0 amide bonds. The molecule has 0 N–H and O–H groups in total. The van der Waals surface area contributed by atoms with Crippen molar-refractivity contribution in [3.8, 4) is 5.75 Å². The number of hydrogen-bond donors (Lipinski definition) is 0. The predicted octanol–water partition coefficient (Wildman–Crippen LogP) is 2.84. The molecule has 0 aromatic heterocycles. The second kappa shape index (κ2) is 5.22. The quantitative estimate of drug-likeness (QED) is 0.640. The van der Waals surface area contributed by atoms with Crippen molar-refractivity contribution in [2.75, 3.05) is 14.2 Å². The van der Waals surface area contributed by atoms with Crippen molar-refractivity contribution in [1.29, 1.82) is 0 Å². The second-order valence-electron chi connectivity index (χ2n) is 4.86. The largest absolute Gasteiger partial charge is 0.497 e. The number of rotatable bonds is 4. The van der Waals surface area contributed by atoms with Crippen LogP contribution in [-0.4, -0.2) is 20.2 Å². The molecular weight excluding hydrogens is 268 g/mol. The Hall–Kier alpha value is -2.33. The molecule has 3 rings (SSSR count). The fourth-order valence-corrected chi connectivity index (χ4v) is 2.56. The molecule has 0 bridgehead atoms. The predicted molar refractivity (Wildman–Crippen MR) is 77.0 cm³/mol. The Labute approximate surface area is 123 Å². The summed E-state index contributed by atoms with van der Waals surface area (Å²) in [5, 5.41) is 0. The number of methoxy groups -OCH3 is 2. The number of epoxide rings is 1. The maximum Gasteiger partial charge on any atom is 0.346 e. The molecule has 0 saturated carbocycles. The Morgan fingerprint density at radius 2 is 1.71 bits per heavy atom. The first kappa shape index (κ1) is 13.6. The maximum atomic E-state index is 12.2. The zero-order valence-corrected chi connectivity index (χ0v) is 11.9. The van der Waals surface area contributed by atoms with Crippen LogP contribution in [0.2, 0.25) is 0 Å². The molecule has 2 atom stereocenters. The Bertz CT molecular complexity index is 636. The average molecular weight is 284 g/mol. The first-order valence-corrected chi connectivity index (χ1v) is 6.68. The summed E-state index contributed by atoms with van der Waals surface area (Å²) in [6.45, 7) is 0. The Kier molecular flexibility index (Phi) is 3.39. The van der Waals surface area contributed by atoms with Gasteiger partial charge in [0.05, 0.1) is 14.2 Å². The molecule has 1 aliphatic heterocycles. The number of esters is 1. The lowest BCUT2D eigenvalue weighted by molar-refractivity contribution is -0.147. The smallest absolute Gasteiger partial charge is 0.346 e. The minimum atomic E-state index is -1.04. The lowest BCUT2D eigenvalue weighted by Gasteiger charge is -2.11. The third-order valence-corrected chi connectivity index (χ3v) is 3.73. The first-order chi connectivity index (χ1) is 10.2. The standard InChI is InChI=1S/C17H16O4/c1-19-14-10-8-12(9-11-14)15-17(21-15,16(18)20-2)13-6-4-3-5-7-13/h3-11,15H,1-2H3/t15-,17-/m1/s1. The summed E-state index contributed by atoms with van der Waals surface area (Å²) in [7, 11) is 2.99. The molecule has 4 heteroatoms. The minimum Gasteiger partial charge on any atom is -0.497 e. The van der Waals surface area contributed by atoms with E-state index in [1.165, 1.54) is 7.11 Å². The molecule has 0 unspecified atom stereocenters. The number of carbonyl (C=O) groups is 1. The number of carbonyl (C=O) groups excluding carboxylic acids is 1. The highest BCUT2D eigenvalue weighted by atomic mass is 16.7. The molecule has 108 valence electrons. The van der Waals surface area contributed by atoms with Crippen molar-refractivity contribution in [3.05, 3.63) is 65.7 Å². The number of benzene rings is 2. The third-order valence-electron chi connectivity index (χ3n) is 3.73. The highest BCUT2D eigenvalue weighted by Crippen LogP contribution is 2.57. The molecule has 21 heavy (non-hydrogen) atoms.